The van der Waals surface area contributed by atoms with E-state index in [-0.39, 0.29) is 11.8 Å². The molecule has 0 aliphatic heterocycles. The molecule has 0 aliphatic carbocycles. The number of nitrogens with two attached hydrogens (primary N) is 1. The molecular formula is C27H26N4O. The summed E-state index contributed by atoms with van der Waals surface area (Å²) in [4.78, 5) is 21.8. The van der Waals surface area contributed by atoms with Crippen LogP contribution in [-0.2, 0) is 4.79 Å². The first-order valence-electron chi connectivity index (χ1n) is 10.6. The fourth-order valence-electron chi connectivity index (χ4n) is 4.06. The van der Waals surface area contributed by atoms with Gasteiger partial charge in [0.1, 0.15) is 5.82 Å². The average Bonchev–Trinajstić information content (AvgIpc) is 2.81. The molecule has 0 bridgehead atoms. The van der Waals surface area contributed by atoms with Crippen LogP contribution in [-0.4, -0.2) is 21.9 Å². The van der Waals surface area contributed by atoms with Gasteiger partial charge in [-0.15, -0.1) is 0 Å². The average molecular weight is 423 g/mol. The van der Waals surface area contributed by atoms with Crippen molar-refractivity contribution in [2.75, 3.05) is 5.32 Å². The molecule has 0 saturated heterocycles. The van der Waals surface area contributed by atoms with Crippen molar-refractivity contribution >= 4 is 11.7 Å². The Bertz CT molecular complexity index is 1130. The Morgan fingerprint density at radius 2 is 1.38 bits per heavy atom. The molecule has 5 nitrogen and oxygen atoms in total. The highest BCUT2D eigenvalue weighted by molar-refractivity contribution is 5.95. The third-order valence-corrected chi connectivity index (χ3v) is 5.61. The summed E-state index contributed by atoms with van der Waals surface area (Å²) < 4.78 is 0. The third-order valence-electron chi connectivity index (χ3n) is 5.61. The molecule has 160 valence electrons. The van der Waals surface area contributed by atoms with Crippen LogP contribution in [0.25, 0.3) is 11.1 Å². The highest BCUT2D eigenvalue weighted by Crippen LogP contribution is 2.29. The number of hydrogen-bond donors (Lipinski definition) is 2. The smallest absolute Gasteiger partial charge is 0.243 e. The van der Waals surface area contributed by atoms with Gasteiger partial charge in [-0.25, -0.2) is 4.98 Å². The van der Waals surface area contributed by atoms with Gasteiger partial charge in [0.25, 0.3) is 0 Å². The van der Waals surface area contributed by atoms with E-state index in [1.54, 1.807) is 12.3 Å². The third kappa shape index (κ3) is 4.58. The van der Waals surface area contributed by atoms with Crippen molar-refractivity contribution in [2.45, 2.75) is 25.8 Å². The number of hydrogen-bond acceptors (Lipinski definition) is 4. The van der Waals surface area contributed by atoms with Crippen molar-refractivity contribution in [3.8, 4) is 11.1 Å². The first-order chi connectivity index (χ1) is 15.5. The summed E-state index contributed by atoms with van der Waals surface area (Å²) in [5.41, 5.74) is 12.7. The van der Waals surface area contributed by atoms with E-state index in [1.165, 1.54) is 0 Å². The van der Waals surface area contributed by atoms with E-state index in [9.17, 15) is 4.79 Å². The van der Waals surface area contributed by atoms with Crippen LogP contribution in [0.3, 0.4) is 0 Å². The first-order valence-corrected chi connectivity index (χ1v) is 10.6. The number of aryl methyl sites for hydroxylation is 2. The number of amides is 1. The molecule has 4 rings (SSSR count). The molecule has 0 saturated carbocycles. The number of rotatable bonds is 6. The Morgan fingerprint density at radius 1 is 0.812 bits per heavy atom. The van der Waals surface area contributed by atoms with Crippen LogP contribution in [0.1, 0.15) is 28.2 Å². The van der Waals surface area contributed by atoms with E-state index < -0.39 is 6.04 Å². The molecule has 1 amide bonds. The number of pyridine rings is 2. The molecule has 1 unspecified atom stereocenters. The molecule has 5 heteroatoms. The number of carbonyl (C=O) groups is 1. The molecule has 0 aliphatic rings. The minimum Gasteiger partial charge on any atom is -0.319 e. The normalized spacial score (nSPS) is 11.9. The van der Waals surface area contributed by atoms with Crippen molar-refractivity contribution in [2.24, 2.45) is 5.73 Å². The highest BCUT2D eigenvalue weighted by atomic mass is 16.2. The number of carbonyl (C=O) groups excluding carboxylic acids is 1. The molecule has 32 heavy (non-hydrogen) atoms. The summed E-state index contributed by atoms with van der Waals surface area (Å²) in [6.07, 6.45) is 5.44. The Labute approximate surface area is 188 Å². The number of anilines is 1. The standard InChI is InChI=1S/C27H26N4O/c1-18-15-29-16-19(2)24(18)22-13-14-23(30-17-22)31-27(32)26(28)25(20-9-5-3-6-10-20)21-11-7-4-8-12-21/h3-17,25-26H,28H2,1-2H3,(H,30,31,32). The summed E-state index contributed by atoms with van der Waals surface area (Å²) in [7, 11) is 0. The second kappa shape index (κ2) is 9.54. The number of nitrogens with one attached hydrogen (secondary N) is 1. The molecule has 0 radical (unpaired) electrons. The molecule has 0 fully saturated rings. The van der Waals surface area contributed by atoms with Crippen LogP contribution in [0.4, 0.5) is 5.82 Å². The van der Waals surface area contributed by atoms with Gasteiger partial charge in [0.15, 0.2) is 0 Å². The van der Waals surface area contributed by atoms with Gasteiger partial charge < -0.3 is 11.1 Å². The quantitative estimate of drug-likeness (QED) is 0.465. The maximum absolute atomic E-state index is 13.1. The zero-order chi connectivity index (χ0) is 22.5. The van der Waals surface area contributed by atoms with Gasteiger partial charge >= 0.3 is 0 Å². The molecule has 2 heterocycles. The minimum atomic E-state index is -0.772. The van der Waals surface area contributed by atoms with E-state index in [1.807, 2.05) is 93.0 Å². The summed E-state index contributed by atoms with van der Waals surface area (Å²) in [6, 6.07) is 22.7. The van der Waals surface area contributed by atoms with Crippen LogP contribution >= 0.6 is 0 Å². The van der Waals surface area contributed by atoms with Gasteiger partial charge in [-0.05, 0) is 53.8 Å². The monoisotopic (exact) mass is 422 g/mol. The summed E-state index contributed by atoms with van der Waals surface area (Å²) in [6.45, 7) is 4.05. The predicted octanol–water partition coefficient (Wildman–Crippen LogP) is 4.86. The van der Waals surface area contributed by atoms with E-state index in [2.05, 4.69) is 15.3 Å². The fraction of sp³-hybridized carbons (Fsp3) is 0.148. The maximum Gasteiger partial charge on any atom is 0.243 e. The van der Waals surface area contributed by atoms with E-state index in [4.69, 9.17) is 5.73 Å². The molecule has 3 N–H and O–H groups in total. The van der Waals surface area contributed by atoms with Crippen LogP contribution in [0.5, 0.6) is 0 Å². The summed E-state index contributed by atoms with van der Waals surface area (Å²) in [5.74, 6) is -0.0727. The number of benzene rings is 2. The Morgan fingerprint density at radius 3 is 1.88 bits per heavy atom. The van der Waals surface area contributed by atoms with E-state index in [0.717, 1.165) is 33.4 Å². The van der Waals surface area contributed by atoms with Gasteiger partial charge in [-0.2, -0.15) is 0 Å². The van der Waals surface area contributed by atoms with Crippen molar-refractivity contribution in [3.63, 3.8) is 0 Å². The van der Waals surface area contributed by atoms with Crippen molar-refractivity contribution in [3.05, 3.63) is 114 Å². The summed E-state index contributed by atoms with van der Waals surface area (Å²) >= 11 is 0. The molecule has 2 aromatic heterocycles. The Hall–Kier alpha value is -3.83. The topological polar surface area (TPSA) is 80.9 Å². The lowest BCUT2D eigenvalue weighted by atomic mass is 9.85. The lowest BCUT2D eigenvalue weighted by molar-refractivity contribution is -0.117. The lowest BCUT2D eigenvalue weighted by Gasteiger charge is -2.24. The number of nitrogens with zero attached hydrogens (tertiary/aromatic N) is 2. The first kappa shape index (κ1) is 21.4. The van der Waals surface area contributed by atoms with E-state index >= 15 is 0 Å². The van der Waals surface area contributed by atoms with Crippen LogP contribution in [0, 0.1) is 13.8 Å². The van der Waals surface area contributed by atoms with Crippen molar-refractivity contribution in [1.82, 2.24) is 9.97 Å². The summed E-state index contributed by atoms with van der Waals surface area (Å²) in [5, 5.41) is 2.88. The zero-order valence-electron chi connectivity index (χ0n) is 18.2. The molecular weight excluding hydrogens is 396 g/mol. The zero-order valence-corrected chi connectivity index (χ0v) is 18.2. The molecule has 0 spiro atoms. The van der Waals surface area contributed by atoms with E-state index in [0.29, 0.717) is 5.82 Å². The maximum atomic E-state index is 13.1. The molecule has 1 atom stereocenters. The van der Waals surface area contributed by atoms with Crippen LogP contribution < -0.4 is 11.1 Å². The second-order valence-electron chi connectivity index (χ2n) is 7.89. The largest absolute Gasteiger partial charge is 0.319 e. The SMILES string of the molecule is Cc1cncc(C)c1-c1ccc(NC(=O)C(N)C(c2ccccc2)c2ccccc2)nc1. The number of aromatic nitrogens is 2. The van der Waals surface area contributed by atoms with Crippen LogP contribution in [0.2, 0.25) is 0 Å². The van der Waals surface area contributed by atoms with Crippen LogP contribution in [0.15, 0.2) is 91.4 Å². The minimum absolute atomic E-state index is 0.265. The lowest BCUT2D eigenvalue weighted by Crippen LogP contribution is -2.41. The second-order valence-corrected chi connectivity index (χ2v) is 7.89. The van der Waals surface area contributed by atoms with Gasteiger partial charge in [0.2, 0.25) is 5.91 Å². The van der Waals surface area contributed by atoms with Gasteiger partial charge in [0, 0.05) is 30.1 Å². The highest BCUT2D eigenvalue weighted by Gasteiger charge is 2.28. The Kier molecular flexibility index (Phi) is 6.38. The molecule has 4 aromatic rings. The van der Waals surface area contributed by atoms with Crippen molar-refractivity contribution < 1.29 is 4.79 Å². The fourth-order valence-corrected chi connectivity index (χ4v) is 4.06. The van der Waals surface area contributed by atoms with Gasteiger partial charge in [-0.3, -0.25) is 9.78 Å². The Balaban J connectivity index is 1.56. The predicted molar refractivity (Wildman–Crippen MR) is 128 cm³/mol. The van der Waals surface area contributed by atoms with Crippen molar-refractivity contribution in [1.29, 1.82) is 0 Å². The van der Waals surface area contributed by atoms with Gasteiger partial charge in [-0.1, -0.05) is 60.7 Å². The van der Waals surface area contributed by atoms with Gasteiger partial charge in [0.05, 0.1) is 6.04 Å². The molecule has 2 aromatic carbocycles.